The van der Waals surface area contributed by atoms with E-state index in [1.54, 1.807) is 5.38 Å². The van der Waals surface area contributed by atoms with Gasteiger partial charge in [0.05, 0.1) is 18.4 Å². The minimum absolute atomic E-state index is 0.349. The Hall–Kier alpha value is -1.52. The van der Waals surface area contributed by atoms with Crippen molar-refractivity contribution in [1.29, 1.82) is 0 Å². The zero-order valence-electron chi connectivity index (χ0n) is 9.99. The number of methoxy groups -OCH3 is 1. The summed E-state index contributed by atoms with van der Waals surface area (Å²) < 4.78 is 4.73. The SMILES string of the molecule is COC(=O)c1cscc1Nc1cccc(Cl)c1C. The number of esters is 1. The number of ether oxygens (including phenoxy) is 1. The fourth-order valence-corrected chi connectivity index (χ4v) is 2.47. The molecule has 3 nitrogen and oxygen atoms in total. The van der Waals surface area contributed by atoms with Crippen LogP contribution in [0.3, 0.4) is 0 Å². The summed E-state index contributed by atoms with van der Waals surface area (Å²) in [5, 5.41) is 7.52. The van der Waals surface area contributed by atoms with E-state index in [0.29, 0.717) is 10.6 Å². The van der Waals surface area contributed by atoms with Crippen LogP contribution in [0, 0.1) is 6.92 Å². The molecule has 2 rings (SSSR count). The van der Waals surface area contributed by atoms with Gasteiger partial charge in [0.25, 0.3) is 0 Å². The molecule has 0 aliphatic rings. The number of carbonyl (C=O) groups is 1. The molecule has 0 unspecified atom stereocenters. The zero-order chi connectivity index (χ0) is 13.1. The maximum absolute atomic E-state index is 11.6. The van der Waals surface area contributed by atoms with E-state index in [-0.39, 0.29) is 5.97 Å². The van der Waals surface area contributed by atoms with E-state index < -0.39 is 0 Å². The van der Waals surface area contributed by atoms with Gasteiger partial charge in [-0.25, -0.2) is 4.79 Å². The van der Waals surface area contributed by atoms with Crippen LogP contribution in [0.4, 0.5) is 11.4 Å². The summed E-state index contributed by atoms with van der Waals surface area (Å²) in [4.78, 5) is 11.6. The van der Waals surface area contributed by atoms with Crippen molar-refractivity contribution < 1.29 is 9.53 Å². The summed E-state index contributed by atoms with van der Waals surface area (Å²) in [5.41, 5.74) is 3.09. The van der Waals surface area contributed by atoms with Gasteiger partial charge in [0.15, 0.2) is 0 Å². The van der Waals surface area contributed by atoms with E-state index in [1.807, 2.05) is 30.5 Å². The van der Waals surface area contributed by atoms with E-state index in [0.717, 1.165) is 16.9 Å². The van der Waals surface area contributed by atoms with Gasteiger partial charge in [-0.3, -0.25) is 0 Å². The average Bonchev–Trinajstić information content (AvgIpc) is 2.82. The molecule has 5 heteroatoms. The molecule has 0 radical (unpaired) electrons. The lowest BCUT2D eigenvalue weighted by atomic mass is 10.2. The van der Waals surface area contributed by atoms with E-state index in [4.69, 9.17) is 16.3 Å². The molecular formula is C13H12ClNO2S. The second-order valence-corrected chi connectivity index (χ2v) is 4.88. The smallest absolute Gasteiger partial charge is 0.340 e. The number of carbonyl (C=O) groups excluding carboxylic acids is 1. The van der Waals surface area contributed by atoms with Gasteiger partial charge in [0, 0.05) is 21.5 Å². The number of halogens is 1. The third kappa shape index (κ3) is 2.49. The van der Waals surface area contributed by atoms with E-state index in [2.05, 4.69) is 5.32 Å². The first kappa shape index (κ1) is 12.9. The Labute approximate surface area is 114 Å². The van der Waals surface area contributed by atoms with Crippen molar-refractivity contribution in [1.82, 2.24) is 0 Å². The topological polar surface area (TPSA) is 38.3 Å². The lowest BCUT2D eigenvalue weighted by Gasteiger charge is -2.10. The highest BCUT2D eigenvalue weighted by Gasteiger charge is 2.13. The summed E-state index contributed by atoms with van der Waals surface area (Å²) in [7, 11) is 1.37. The normalized spacial score (nSPS) is 10.2. The monoisotopic (exact) mass is 281 g/mol. The van der Waals surface area contributed by atoms with Gasteiger partial charge in [-0.2, -0.15) is 0 Å². The van der Waals surface area contributed by atoms with Crippen LogP contribution in [-0.2, 0) is 4.74 Å². The van der Waals surface area contributed by atoms with Crippen molar-refractivity contribution in [2.24, 2.45) is 0 Å². The van der Waals surface area contributed by atoms with Crippen molar-refractivity contribution in [3.05, 3.63) is 45.1 Å². The second kappa shape index (κ2) is 5.42. The minimum Gasteiger partial charge on any atom is -0.465 e. The molecular weight excluding hydrogens is 270 g/mol. The van der Waals surface area contributed by atoms with Crippen molar-refractivity contribution in [2.45, 2.75) is 6.92 Å². The summed E-state index contributed by atoms with van der Waals surface area (Å²) in [6.45, 7) is 1.93. The van der Waals surface area contributed by atoms with Gasteiger partial charge in [0.1, 0.15) is 0 Å². The molecule has 1 aromatic carbocycles. The number of nitrogens with one attached hydrogen (secondary N) is 1. The average molecular weight is 282 g/mol. The number of hydrogen-bond donors (Lipinski definition) is 1. The van der Waals surface area contributed by atoms with Gasteiger partial charge in [0.2, 0.25) is 0 Å². The largest absolute Gasteiger partial charge is 0.465 e. The Morgan fingerprint density at radius 2 is 2.11 bits per heavy atom. The predicted molar refractivity (Wildman–Crippen MR) is 75.1 cm³/mol. The highest BCUT2D eigenvalue weighted by atomic mass is 35.5. The first-order valence-electron chi connectivity index (χ1n) is 5.30. The third-order valence-corrected chi connectivity index (χ3v) is 3.76. The molecule has 2 aromatic rings. The second-order valence-electron chi connectivity index (χ2n) is 3.73. The Morgan fingerprint density at radius 1 is 1.33 bits per heavy atom. The molecule has 0 aliphatic heterocycles. The number of hydrogen-bond acceptors (Lipinski definition) is 4. The summed E-state index contributed by atoms with van der Waals surface area (Å²) in [6, 6.07) is 5.61. The number of anilines is 2. The van der Waals surface area contributed by atoms with Crippen LogP contribution in [0.25, 0.3) is 0 Å². The molecule has 0 saturated carbocycles. The fourth-order valence-electron chi connectivity index (χ4n) is 1.55. The molecule has 0 atom stereocenters. The van der Waals surface area contributed by atoms with Crippen molar-refractivity contribution in [3.8, 4) is 0 Å². The van der Waals surface area contributed by atoms with Crippen molar-refractivity contribution >= 4 is 40.3 Å². The first-order chi connectivity index (χ1) is 8.63. The Balaban J connectivity index is 2.32. The molecule has 0 saturated heterocycles. The van der Waals surface area contributed by atoms with Crippen molar-refractivity contribution in [2.75, 3.05) is 12.4 Å². The lowest BCUT2D eigenvalue weighted by Crippen LogP contribution is -2.03. The fraction of sp³-hybridized carbons (Fsp3) is 0.154. The molecule has 0 fully saturated rings. The molecule has 0 spiro atoms. The number of benzene rings is 1. The van der Waals surface area contributed by atoms with Crippen LogP contribution in [0.1, 0.15) is 15.9 Å². The van der Waals surface area contributed by atoms with Gasteiger partial charge in [-0.15, -0.1) is 11.3 Å². The van der Waals surface area contributed by atoms with E-state index in [1.165, 1.54) is 18.4 Å². The van der Waals surface area contributed by atoms with Crippen LogP contribution < -0.4 is 5.32 Å². The highest BCUT2D eigenvalue weighted by molar-refractivity contribution is 7.08. The van der Waals surface area contributed by atoms with Gasteiger partial charge < -0.3 is 10.1 Å². The number of thiophene rings is 1. The van der Waals surface area contributed by atoms with Gasteiger partial charge in [-0.1, -0.05) is 17.7 Å². The van der Waals surface area contributed by atoms with Crippen LogP contribution in [0.5, 0.6) is 0 Å². The Kier molecular flexibility index (Phi) is 3.89. The van der Waals surface area contributed by atoms with Crippen LogP contribution >= 0.6 is 22.9 Å². The molecule has 1 N–H and O–H groups in total. The summed E-state index contributed by atoms with van der Waals surface area (Å²) in [6.07, 6.45) is 0. The standard InChI is InChI=1S/C13H12ClNO2S/c1-8-10(14)4-3-5-11(8)15-12-7-18-6-9(12)13(16)17-2/h3-7,15H,1-2H3. The maximum Gasteiger partial charge on any atom is 0.340 e. The molecule has 94 valence electrons. The Morgan fingerprint density at radius 3 is 2.83 bits per heavy atom. The quantitative estimate of drug-likeness (QED) is 0.855. The van der Waals surface area contributed by atoms with Gasteiger partial charge in [-0.05, 0) is 24.6 Å². The molecule has 0 aliphatic carbocycles. The maximum atomic E-state index is 11.6. The van der Waals surface area contributed by atoms with Gasteiger partial charge >= 0.3 is 5.97 Å². The lowest BCUT2D eigenvalue weighted by molar-refractivity contribution is 0.0602. The number of rotatable bonds is 3. The van der Waals surface area contributed by atoms with E-state index >= 15 is 0 Å². The van der Waals surface area contributed by atoms with Crippen LogP contribution in [0.15, 0.2) is 29.0 Å². The predicted octanol–water partition coefficient (Wildman–Crippen LogP) is 4.24. The van der Waals surface area contributed by atoms with Crippen LogP contribution in [-0.4, -0.2) is 13.1 Å². The van der Waals surface area contributed by atoms with Crippen LogP contribution in [0.2, 0.25) is 5.02 Å². The molecule has 0 bridgehead atoms. The Bertz CT molecular complexity index is 580. The molecule has 0 amide bonds. The highest BCUT2D eigenvalue weighted by Crippen LogP contribution is 2.29. The first-order valence-corrected chi connectivity index (χ1v) is 6.62. The molecule has 18 heavy (non-hydrogen) atoms. The summed E-state index contributed by atoms with van der Waals surface area (Å²) in [5.74, 6) is -0.349. The molecule has 1 heterocycles. The van der Waals surface area contributed by atoms with E-state index in [9.17, 15) is 4.79 Å². The minimum atomic E-state index is -0.349. The third-order valence-electron chi connectivity index (χ3n) is 2.60. The zero-order valence-corrected chi connectivity index (χ0v) is 11.6. The van der Waals surface area contributed by atoms with Crippen molar-refractivity contribution in [3.63, 3.8) is 0 Å². The molecule has 1 aromatic heterocycles. The summed E-state index contributed by atoms with van der Waals surface area (Å²) >= 11 is 7.50.